The van der Waals surface area contributed by atoms with Gasteiger partial charge in [0.05, 0.1) is 14.2 Å². The van der Waals surface area contributed by atoms with Crippen molar-refractivity contribution in [3.05, 3.63) is 23.8 Å². The Bertz CT molecular complexity index is 498. The van der Waals surface area contributed by atoms with Crippen LogP contribution in [-0.4, -0.2) is 55.7 Å². The summed E-state index contributed by atoms with van der Waals surface area (Å²) in [6.45, 7) is 6.92. The maximum atomic E-state index is 5.57. The van der Waals surface area contributed by atoms with Crippen LogP contribution >= 0.6 is 12.4 Å². The molecular formula is C17H27ClN2O2. The fourth-order valence-electron chi connectivity index (χ4n) is 3.90. The third-order valence-electron chi connectivity index (χ3n) is 5.08. The van der Waals surface area contributed by atoms with Crippen LogP contribution in [-0.2, 0) is 6.54 Å². The maximum absolute atomic E-state index is 5.57. The monoisotopic (exact) mass is 326 g/mol. The molecule has 2 saturated heterocycles. The molecule has 5 heteroatoms. The predicted molar refractivity (Wildman–Crippen MR) is 91.3 cm³/mol. The van der Waals surface area contributed by atoms with Gasteiger partial charge in [-0.15, -0.1) is 12.4 Å². The van der Waals surface area contributed by atoms with Gasteiger partial charge in [0.15, 0.2) is 11.5 Å². The van der Waals surface area contributed by atoms with Crippen LogP contribution in [0.25, 0.3) is 0 Å². The molecular weight excluding hydrogens is 300 g/mol. The van der Waals surface area contributed by atoms with E-state index in [2.05, 4.69) is 22.8 Å². The van der Waals surface area contributed by atoms with E-state index in [9.17, 15) is 0 Å². The van der Waals surface area contributed by atoms with Gasteiger partial charge in [-0.1, -0.05) is 12.1 Å². The van der Waals surface area contributed by atoms with Gasteiger partial charge >= 0.3 is 0 Å². The number of fused-ring (bicyclic) bond motifs is 1. The van der Waals surface area contributed by atoms with Crippen LogP contribution < -0.4 is 9.47 Å². The van der Waals surface area contributed by atoms with Crippen LogP contribution in [0.1, 0.15) is 25.3 Å². The van der Waals surface area contributed by atoms with Gasteiger partial charge < -0.3 is 9.47 Å². The molecule has 2 unspecified atom stereocenters. The summed E-state index contributed by atoms with van der Waals surface area (Å²) in [6.07, 6.45) is 2.69. The highest BCUT2D eigenvalue weighted by Crippen LogP contribution is 2.33. The molecule has 0 bridgehead atoms. The Balaban J connectivity index is 0.00000176. The Morgan fingerprint density at radius 3 is 2.68 bits per heavy atom. The van der Waals surface area contributed by atoms with Gasteiger partial charge in [-0.25, -0.2) is 0 Å². The quantitative estimate of drug-likeness (QED) is 0.849. The second-order valence-corrected chi connectivity index (χ2v) is 6.11. The minimum atomic E-state index is 0. The molecule has 0 aliphatic carbocycles. The van der Waals surface area contributed by atoms with Gasteiger partial charge in [-0.3, -0.25) is 9.80 Å². The number of piperazine rings is 1. The number of ether oxygens (including phenoxy) is 2. The fourth-order valence-corrected chi connectivity index (χ4v) is 3.90. The molecule has 0 radical (unpaired) electrons. The highest BCUT2D eigenvalue weighted by atomic mass is 35.5. The van der Waals surface area contributed by atoms with Gasteiger partial charge in [0.1, 0.15) is 0 Å². The first-order valence-electron chi connectivity index (χ1n) is 7.92. The number of hydrogen-bond donors (Lipinski definition) is 0. The molecule has 0 saturated carbocycles. The Morgan fingerprint density at radius 2 is 1.95 bits per heavy atom. The first-order chi connectivity index (χ1) is 10.2. The molecule has 0 aromatic heterocycles. The van der Waals surface area contributed by atoms with E-state index in [4.69, 9.17) is 9.47 Å². The Morgan fingerprint density at radius 1 is 1.14 bits per heavy atom. The summed E-state index contributed by atoms with van der Waals surface area (Å²) in [5.74, 6) is 1.70. The summed E-state index contributed by atoms with van der Waals surface area (Å²) in [5.41, 5.74) is 1.22. The first-order valence-corrected chi connectivity index (χ1v) is 7.92. The molecule has 0 spiro atoms. The number of rotatable bonds is 4. The molecule has 4 nitrogen and oxygen atoms in total. The smallest absolute Gasteiger partial charge is 0.165 e. The molecule has 3 rings (SSSR count). The van der Waals surface area contributed by atoms with Crippen LogP contribution in [0.15, 0.2) is 18.2 Å². The van der Waals surface area contributed by atoms with E-state index in [1.165, 1.54) is 31.5 Å². The number of benzene rings is 1. The van der Waals surface area contributed by atoms with Gasteiger partial charge in [-0.05, 0) is 32.4 Å². The summed E-state index contributed by atoms with van der Waals surface area (Å²) in [5, 5.41) is 0. The van der Waals surface area contributed by atoms with Crippen molar-refractivity contribution >= 4 is 12.4 Å². The average molecular weight is 327 g/mol. The highest BCUT2D eigenvalue weighted by Gasteiger charge is 2.36. The Labute approximate surface area is 139 Å². The molecule has 1 aromatic rings. The minimum Gasteiger partial charge on any atom is -0.493 e. The van der Waals surface area contributed by atoms with Crippen molar-refractivity contribution in [1.29, 1.82) is 0 Å². The van der Waals surface area contributed by atoms with E-state index in [1.54, 1.807) is 14.2 Å². The number of para-hydroxylation sites is 1. The van der Waals surface area contributed by atoms with Crippen molar-refractivity contribution in [2.45, 2.75) is 38.4 Å². The third kappa shape index (κ3) is 3.19. The lowest BCUT2D eigenvalue weighted by molar-refractivity contribution is 0.0465. The zero-order valence-corrected chi connectivity index (χ0v) is 14.6. The molecule has 124 valence electrons. The minimum absolute atomic E-state index is 0. The van der Waals surface area contributed by atoms with Gasteiger partial charge in [0, 0.05) is 37.3 Å². The summed E-state index contributed by atoms with van der Waals surface area (Å²) in [7, 11) is 3.42. The molecule has 2 aliphatic heterocycles. The van der Waals surface area contributed by atoms with Crippen LogP contribution in [0.2, 0.25) is 0 Å². The number of methoxy groups -OCH3 is 2. The first kappa shape index (κ1) is 17.4. The van der Waals surface area contributed by atoms with Crippen molar-refractivity contribution in [3.8, 4) is 11.5 Å². The summed E-state index contributed by atoms with van der Waals surface area (Å²) >= 11 is 0. The molecule has 22 heavy (non-hydrogen) atoms. The van der Waals surface area contributed by atoms with E-state index in [-0.39, 0.29) is 12.4 Å². The maximum Gasteiger partial charge on any atom is 0.165 e. The summed E-state index contributed by atoms with van der Waals surface area (Å²) < 4.78 is 11.0. The molecule has 1 aromatic carbocycles. The van der Waals surface area contributed by atoms with Crippen LogP contribution in [0.5, 0.6) is 11.5 Å². The predicted octanol–water partition coefficient (Wildman–Crippen LogP) is 2.79. The van der Waals surface area contributed by atoms with Crippen LogP contribution in [0.4, 0.5) is 0 Å². The lowest BCUT2D eigenvalue weighted by Gasteiger charge is -2.43. The zero-order valence-electron chi connectivity index (χ0n) is 13.7. The Kier molecular flexibility index (Phi) is 5.95. The molecule has 2 fully saturated rings. The van der Waals surface area contributed by atoms with E-state index >= 15 is 0 Å². The largest absolute Gasteiger partial charge is 0.493 e. The van der Waals surface area contributed by atoms with Crippen molar-refractivity contribution in [2.75, 3.05) is 33.9 Å². The topological polar surface area (TPSA) is 24.9 Å². The van der Waals surface area contributed by atoms with Crippen LogP contribution in [0, 0.1) is 0 Å². The molecule has 0 amide bonds. The van der Waals surface area contributed by atoms with Gasteiger partial charge in [0.25, 0.3) is 0 Å². The lowest BCUT2D eigenvalue weighted by atomic mass is 10.0. The molecule has 2 atom stereocenters. The summed E-state index contributed by atoms with van der Waals surface area (Å²) in [4.78, 5) is 5.24. The molecule has 2 heterocycles. The number of nitrogens with zero attached hydrogens (tertiary/aromatic N) is 2. The summed E-state index contributed by atoms with van der Waals surface area (Å²) in [6, 6.07) is 7.50. The second kappa shape index (κ2) is 7.53. The highest BCUT2D eigenvalue weighted by molar-refractivity contribution is 5.85. The van der Waals surface area contributed by atoms with Crippen molar-refractivity contribution in [3.63, 3.8) is 0 Å². The average Bonchev–Trinajstić information content (AvgIpc) is 2.99. The van der Waals surface area contributed by atoms with E-state index < -0.39 is 0 Å². The molecule has 0 N–H and O–H groups in total. The third-order valence-corrected chi connectivity index (χ3v) is 5.08. The van der Waals surface area contributed by atoms with Crippen molar-refractivity contribution in [1.82, 2.24) is 9.80 Å². The van der Waals surface area contributed by atoms with Crippen molar-refractivity contribution in [2.24, 2.45) is 0 Å². The van der Waals surface area contributed by atoms with Crippen molar-refractivity contribution < 1.29 is 9.47 Å². The standard InChI is InChI=1S/C17H26N2O2.ClH/c1-13-15-7-5-9-18(15)10-11-19(13)12-14-6-4-8-16(20-2)17(14)21-3;/h4,6,8,13,15H,5,7,9-12H2,1-3H3;1H. The van der Waals surface area contributed by atoms with Crippen LogP contribution in [0.3, 0.4) is 0 Å². The lowest BCUT2D eigenvalue weighted by Crippen LogP contribution is -2.55. The van der Waals surface area contributed by atoms with Gasteiger partial charge in [-0.2, -0.15) is 0 Å². The van der Waals surface area contributed by atoms with Gasteiger partial charge in [0.2, 0.25) is 0 Å². The Hall–Kier alpha value is -0.970. The fraction of sp³-hybridized carbons (Fsp3) is 0.647. The molecule has 2 aliphatic rings. The number of hydrogen-bond acceptors (Lipinski definition) is 4. The second-order valence-electron chi connectivity index (χ2n) is 6.11. The number of halogens is 1. The SMILES string of the molecule is COc1cccc(CN2CCN3CCCC3C2C)c1OC.Cl. The normalized spacial score (nSPS) is 25.4. The van der Waals surface area contributed by atoms with E-state index in [0.717, 1.165) is 30.6 Å². The zero-order chi connectivity index (χ0) is 14.8. The van der Waals surface area contributed by atoms with E-state index in [1.807, 2.05) is 12.1 Å². The van der Waals surface area contributed by atoms with E-state index in [0.29, 0.717) is 6.04 Å².